The van der Waals surface area contributed by atoms with Crippen LogP contribution in [0.1, 0.15) is 36.7 Å². The molecule has 1 saturated heterocycles. The SMILES string of the molecule is Cc1nn(-c2ccccc2)c(C)c1CNC(=O)N[C@H](C)[C@@H]1CCCO1. The zero-order valence-electron chi connectivity index (χ0n) is 15.1. The van der Waals surface area contributed by atoms with Gasteiger partial charge in [0.1, 0.15) is 0 Å². The van der Waals surface area contributed by atoms with E-state index >= 15 is 0 Å². The summed E-state index contributed by atoms with van der Waals surface area (Å²) in [5, 5.41) is 10.5. The number of nitrogens with one attached hydrogen (secondary N) is 2. The van der Waals surface area contributed by atoms with Crippen molar-refractivity contribution in [3.63, 3.8) is 0 Å². The van der Waals surface area contributed by atoms with Gasteiger partial charge in [-0.3, -0.25) is 0 Å². The highest BCUT2D eigenvalue weighted by Gasteiger charge is 2.23. The van der Waals surface area contributed by atoms with E-state index in [4.69, 9.17) is 4.74 Å². The van der Waals surface area contributed by atoms with Gasteiger partial charge in [-0.05, 0) is 45.7 Å². The zero-order chi connectivity index (χ0) is 17.8. The lowest BCUT2D eigenvalue weighted by Crippen LogP contribution is -2.45. The standard InChI is InChI=1S/C19H26N4O2/c1-13-17(15(3)23(22-13)16-8-5-4-6-9-16)12-20-19(24)21-14(2)18-10-7-11-25-18/h4-6,8-9,14,18H,7,10-12H2,1-3H3,(H2,20,21,24)/t14-,18+/m1/s1. The van der Waals surface area contributed by atoms with E-state index in [2.05, 4.69) is 15.7 Å². The second-order valence-corrected chi connectivity index (χ2v) is 6.56. The Morgan fingerprint density at radius 2 is 2.12 bits per heavy atom. The summed E-state index contributed by atoms with van der Waals surface area (Å²) in [4.78, 5) is 12.2. The second kappa shape index (κ2) is 7.70. The van der Waals surface area contributed by atoms with Gasteiger partial charge < -0.3 is 15.4 Å². The number of aromatic nitrogens is 2. The number of hydrogen-bond donors (Lipinski definition) is 2. The lowest BCUT2D eigenvalue weighted by atomic mass is 10.1. The van der Waals surface area contributed by atoms with Gasteiger partial charge >= 0.3 is 6.03 Å². The van der Waals surface area contributed by atoms with E-state index in [1.165, 1.54) is 0 Å². The third-order valence-electron chi connectivity index (χ3n) is 4.75. The normalized spacial score (nSPS) is 18.1. The molecule has 2 atom stereocenters. The Kier molecular flexibility index (Phi) is 5.38. The van der Waals surface area contributed by atoms with E-state index < -0.39 is 0 Å². The van der Waals surface area contributed by atoms with Crippen LogP contribution >= 0.6 is 0 Å². The predicted octanol–water partition coefficient (Wildman–Crippen LogP) is 2.86. The maximum absolute atomic E-state index is 12.2. The summed E-state index contributed by atoms with van der Waals surface area (Å²) in [7, 11) is 0. The van der Waals surface area contributed by atoms with Crippen LogP contribution in [0.2, 0.25) is 0 Å². The number of benzene rings is 1. The number of carbonyl (C=O) groups excluding carboxylic acids is 1. The van der Waals surface area contributed by atoms with E-state index in [0.29, 0.717) is 6.54 Å². The maximum Gasteiger partial charge on any atom is 0.315 e. The Labute approximate surface area is 148 Å². The Bertz CT molecular complexity index is 721. The number of para-hydroxylation sites is 1. The van der Waals surface area contributed by atoms with Crippen LogP contribution in [0.3, 0.4) is 0 Å². The van der Waals surface area contributed by atoms with Gasteiger partial charge in [0.05, 0.1) is 23.5 Å². The van der Waals surface area contributed by atoms with Crippen LogP contribution in [0.5, 0.6) is 0 Å². The summed E-state index contributed by atoms with van der Waals surface area (Å²) in [5.41, 5.74) is 4.03. The van der Waals surface area contributed by atoms with Crippen LogP contribution in [-0.2, 0) is 11.3 Å². The van der Waals surface area contributed by atoms with Crippen molar-refractivity contribution in [3.05, 3.63) is 47.3 Å². The van der Waals surface area contributed by atoms with Gasteiger partial charge in [0.2, 0.25) is 0 Å². The first-order valence-corrected chi connectivity index (χ1v) is 8.82. The quantitative estimate of drug-likeness (QED) is 0.878. The fourth-order valence-electron chi connectivity index (χ4n) is 3.27. The van der Waals surface area contributed by atoms with Crippen molar-refractivity contribution in [1.29, 1.82) is 0 Å². The first-order valence-electron chi connectivity index (χ1n) is 8.82. The van der Waals surface area contributed by atoms with Crippen LogP contribution < -0.4 is 10.6 Å². The number of nitrogens with zero attached hydrogens (tertiary/aromatic N) is 2. The first-order chi connectivity index (χ1) is 12.1. The lowest BCUT2D eigenvalue weighted by Gasteiger charge is -2.20. The summed E-state index contributed by atoms with van der Waals surface area (Å²) in [6, 6.07) is 9.84. The van der Waals surface area contributed by atoms with Crippen molar-refractivity contribution in [1.82, 2.24) is 20.4 Å². The van der Waals surface area contributed by atoms with Crippen molar-refractivity contribution in [3.8, 4) is 5.69 Å². The summed E-state index contributed by atoms with van der Waals surface area (Å²) < 4.78 is 7.53. The number of hydrogen-bond acceptors (Lipinski definition) is 3. The van der Waals surface area contributed by atoms with Crippen LogP contribution in [0, 0.1) is 13.8 Å². The highest BCUT2D eigenvalue weighted by atomic mass is 16.5. The van der Waals surface area contributed by atoms with Gasteiger partial charge in [0.25, 0.3) is 0 Å². The molecule has 2 heterocycles. The molecule has 2 N–H and O–H groups in total. The summed E-state index contributed by atoms with van der Waals surface area (Å²) in [6.07, 6.45) is 2.19. The van der Waals surface area contributed by atoms with Crippen molar-refractivity contribution in [2.24, 2.45) is 0 Å². The van der Waals surface area contributed by atoms with Gasteiger partial charge in [0.15, 0.2) is 0 Å². The van der Waals surface area contributed by atoms with Crippen LogP contribution in [0.25, 0.3) is 5.69 Å². The number of rotatable bonds is 5. The summed E-state index contributed by atoms with van der Waals surface area (Å²) in [6.45, 7) is 7.22. The Hall–Kier alpha value is -2.34. The predicted molar refractivity (Wildman–Crippen MR) is 96.8 cm³/mol. The fourth-order valence-corrected chi connectivity index (χ4v) is 3.27. The molecule has 1 aliphatic heterocycles. The molecular formula is C19H26N4O2. The highest BCUT2D eigenvalue weighted by molar-refractivity contribution is 5.74. The minimum atomic E-state index is -0.172. The number of ether oxygens (including phenoxy) is 1. The molecule has 0 saturated carbocycles. The van der Waals surface area contributed by atoms with Crippen molar-refractivity contribution in [2.75, 3.05) is 6.61 Å². The van der Waals surface area contributed by atoms with Crippen molar-refractivity contribution < 1.29 is 9.53 Å². The van der Waals surface area contributed by atoms with Crippen LogP contribution in [0.15, 0.2) is 30.3 Å². The first kappa shape index (κ1) is 17.5. The van der Waals surface area contributed by atoms with E-state index in [0.717, 1.165) is 42.1 Å². The van der Waals surface area contributed by atoms with Gasteiger partial charge in [-0.25, -0.2) is 9.48 Å². The van der Waals surface area contributed by atoms with E-state index in [-0.39, 0.29) is 18.2 Å². The molecule has 6 heteroatoms. The number of carbonyl (C=O) groups is 1. The number of amides is 2. The molecule has 0 aliphatic carbocycles. The summed E-state index contributed by atoms with van der Waals surface area (Å²) >= 11 is 0. The van der Waals surface area contributed by atoms with Crippen molar-refractivity contribution >= 4 is 6.03 Å². The minimum Gasteiger partial charge on any atom is -0.376 e. The molecular weight excluding hydrogens is 316 g/mol. The molecule has 1 aromatic heterocycles. The largest absolute Gasteiger partial charge is 0.376 e. The molecule has 0 radical (unpaired) electrons. The van der Waals surface area contributed by atoms with E-state index in [1.54, 1.807) is 0 Å². The summed E-state index contributed by atoms with van der Waals surface area (Å²) in [5.74, 6) is 0. The Morgan fingerprint density at radius 3 is 2.80 bits per heavy atom. The van der Waals surface area contributed by atoms with Crippen LogP contribution in [-0.4, -0.2) is 34.6 Å². The monoisotopic (exact) mass is 342 g/mol. The molecule has 2 amide bonds. The molecule has 1 aromatic carbocycles. The second-order valence-electron chi connectivity index (χ2n) is 6.56. The van der Waals surface area contributed by atoms with E-state index in [1.807, 2.05) is 55.8 Å². The van der Waals surface area contributed by atoms with Gasteiger partial charge in [-0.2, -0.15) is 5.10 Å². The molecule has 6 nitrogen and oxygen atoms in total. The average molecular weight is 342 g/mol. The Morgan fingerprint density at radius 1 is 1.36 bits per heavy atom. The van der Waals surface area contributed by atoms with Crippen LogP contribution in [0.4, 0.5) is 4.79 Å². The van der Waals surface area contributed by atoms with Gasteiger partial charge in [-0.15, -0.1) is 0 Å². The van der Waals surface area contributed by atoms with E-state index in [9.17, 15) is 4.79 Å². The molecule has 3 rings (SSSR count). The number of urea groups is 1. The smallest absolute Gasteiger partial charge is 0.315 e. The molecule has 2 aromatic rings. The molecule has 0 unspecified atom stereocenters. The zero-order valence-corrected chi connectivity index (χ0v) is 15.1. The maximum atomic E-state index is 12.2. The van der Waals surface area contributed by atoms with Crippen molar-refractivity contribution in [2.45, 2.75) is 52.3 Å². The molecule has 0 spiro atoms. The molecule has 134 valence electrons. The highest BCUT2D eigenvalue weighted by Crippen LogP contribution is 2.18. The molecule has 25 heavy (non-hydrogen) atoms. The minimum absolute atomic E-state index is 0.0109. The fraction of sp³-hybridized carbons (Fsp3) is 0.474. The topological polar surface area (TPSA) is 68.2 Å². The third-order valence-corrected chi connectivity index (χ3v) is 4.75. The third kappa shape index (κ3) is 4.02. The number of aryl methyl sites for hydroxylation is 1. The van der Waals surface area contributed by atoms with Gasteiger partial charge in [0, 0.05) is 24.4 Å². The lowest BCUT2D eigenvalue weighted by molar-refractivity contribution is 0.0860. The Balaban J connectivity index is 1.61. The van der Waals surface area contributed by atoms with Gasteiger partial charge in [-0.1, -0.05) is 18.2 Å². The molecule has 0 bridgehead atoms. The molecule has 1 aliphatic rings. The average Bonchev–Trinajstić information content (AvgIpc) is 3.23. The molecule has 1 fully saturated rings.